The molecule has 1 amide bonds. The van der Waals surface area contributed by atoms with Gasteiger partial charge in [0.05, 0.1) is 11.7 Å². The summed E-state index contributed by atoms with van der Waals surface area (Å²) >= 11 is 0. The Bertz CT molecular complexity index is 813. The predicted octanol–water partition coefficient (Wildman–Crippen LogP) is 1.38. The number of hydrogen-bond acceptors (Lipinski definition) is 6. The molecule has 1 spiro atoms. The number of rotatable bonds is 2. The van der Waals surface area contributed by atoms with Gasteiger partial charge in [-0.1, -0.05) is 32.4 Å². The lowest BCUT2D eigenvalue weighted by Crippen LogP contribution is -2.66. The summed E-state index contributed by atoms with van der Waals surface area (Å²) in [6.07, 6.45) is 6.01. The Morgan fingerprint density at radius 2 is 1.93 bits per heavy atom. The van der Waals surface area contributed by atoms with Gasteiger partial charge in [0.1, 0.15) is 0 Å². The Morgan fingerprint density at radius 3 is 2.57 bits per heavy atom. The minimum absolute atomic E-state index is 0.0823. The molecule has 7 unspecified atom stereocenters. The van der Waals surface area contributed by atoms with Crippen molar-refractivity contribution in [1.29, 1.82) is 0 Å². The number of hydrogen-bond donors (Lipinski definition) is 4. The molecule has 0 radical (unpaired) electrons. The molecule has 1 aliphatic carbocycles. The Kier molecular flexibility index (Phi) is 5.77. The van der Waals surface area contributed by atoms with E-state index in [1.807, 2.05) is 27.7 Å². The average Bonchev–Trinajstić information content (AvgIpc) is 2.88. The maximum atomic E-state index is 13.4. The number of amides is 1. The Balaban J connectivity index is 2.24. The van der Waals surface area contributed by atoms with Crippen LogP contribution in [0.1, 0.15) is 47.5 Å². The number of aliphatic hydroxyl groups is 3. The SMILES string of the molecule is CC1=CC2(O)/C=C/C(C)(O)CC(O)/C=C/C(=O)OC23C(=O)NC(CC(C)C)C3C1C. The third kappa shape index (κ3) is 3.74. The van der Waals surface area contributed by atoms with Crippen molar-refractivity contribution >= 4 is 11.9 Å². The summed E-state index contributed by atoms with van der Waals surface area (Å²) < 4.78 is 5.78. The van der Waals surface area contributed by atoms with Crippen LogP contribution in [0.3, 0.4) is 0 Å². The van der Waals surface area contributed by atoms with E-state index < -0.39 is 40.7 Å². The number of nitrogens with one attached hydrogen (secondary N) is 1. The highest BCUT2D eigenvalue weighted by molar-refractivity contribution is 5.95. The maximum absolute atomic E-state index is 13.4. The molecule has 2 aliphatic heterocycles. The van der Waals surface area contributed by atoms with E-state index in [4.69, 9.17) is 4.74 Å². The lowest BCUT2D eigenvalue weighted by atomic mass is 9.61. The molecular formula is C23H33NO6. The molecule has 7 nitrogen and oxygen atoms in total. The van der Waals surface area contributed by atoms with Crippen LogP contribution in [0.4, 0.5) is 0 Å². The normalized spacial score (nSPS) is 46.1. The molecule has 3 aliphatic rings. The number of carbonyl (C=O) groups is 2. The second-order valence-electron chi connectivity index (χ2n) is 9.72. The summed E-state index contributed by atoms with van der Waals surface area (Å²) in [5.41, 5.74) is -4.43. The van der Waals surface area contributed by atoms with E-state index in [0.29, 0.717) is 6.42 Å². The van der Waals surface area contributed by atoms with Crippen molar-refractivity contribution in [3.8, 4) is 0 Å². The minimum atomic E-state index is -1.95. The molecule has 0 bridgehead atoms. The van der Waals surface area contributed by atoms with E-state index in [-0.39, 0.29) is 24.3 Å². The van der Waals surface area contributed by atoms with Crippen molar-refractivity contribution in [3.63, 3.8) is 0 Å². The fraction of sp³-hybridized carbons (Fsp3) is 0.652. The summed E-state index contributed by atoms with van der Waals surface area (Å²) in [4.78, 5) is 26.1. The van der Waals surface area contributed by atoms with Crippen LogP contribution in [0.5, 0.6) is 0 Å². The first-order valence-corrected chi connectivity index (χ1v) is 10.6. The Labute approximate surface area is 177 Å². The van der Waals surface area contributed by atoms with Crippen molar-refractivity contribution in [2.75, 3.05) is 0 Å². The van der Waals surface area contributed by atoms with Gasteiger partial charge in [0, 0.05) is 24.5 Å². The molecule has 1 fully saturated rings. The van der Waals surface area contributed by atoms with E-state index in [2.05, 4.69) is 5.32 Å². The van der Waals surface area contributed by atoms with Gasteiger partial charge in [-0.15, -0.1) is 0 Å². The molecule has 0 saturated carbocycles. The van der Waals surface area contributed by atoms with Crippen molar-refractivity contribution in [1.82, 2.24) is 5.32 Å². The molecule has 7 atom stereocenters. The molecule has 7 heteroatoms. The van der Waals surface area contributed by atoms with E-state index in [1.54, 1.807) is 6.08 Å². The number of carbonyl (C=O) groups excluding carboxylic acids is 2. The molecule has 1 saturated heterocycles. The van der Waals surface area contributed by atoms with E-state index in [0.717, 1.165) is 11.6 Å². The third-order valence-electron chi connectivity index (χ3n) is 6.62. The van der Waals surface area contributed by atoms with Gasteiger partial charge < -0.3 is 25.4 Å². The summed E-state index contributed by atoms with van der Waals surface area (Å²) in [5, 5.41) is 35.6. The monoisotopic (exact) mass is 419 g/mol. The van der Waals surface area contributed by atoms with Crippen LogP contribution in [0.15, 0.2) is 36.0 Å². The average molecular weight is 420 g/mol. The molecule has 166 valence electrons. The largest absolute Gasteiger partial charge is 0.441 e. The zero-order chi connectivity index (χ0) is 22.5. The highest BCUT2D eigenvalue weighted by atomic mass is 16.6. The van der Waals surface area contributed by atoms with Crippen molar-refractivity contribution in [3.05, 3.63) is 36.0 Å². The first-order valence-electron chi connectivity index (χ1n) is 10.6. The van der Waals surface area contributed by atoms with Gasteiger partial charge in [-0.3, -0.25) is 4.79 Å². The summed E-state index contributed by atoms with van der Waals surface area (Å²) in [6.45, 7) is 9.43. The Morgan fingerprint density at radius 1 is 1.27 bits per heavy atom. The van der Waals surface area contributed by atoms with E-state index in [9.17, 15) is 24.9 Å². The standard InChI is InChI=1S/C23H33NO6/c1-13(2)10-17-19-15(4)14(3)11-22(29)9-8-21(5,28)12-16(25)6-7-18(26)30-23(19,22)20(27)24-17/h6-9,11,13,15-17,19,25,28-29H,10,12H2,1-5H3,(H,24,27)/b7-6+,9-8+. The van der Waals surface area contributed by atoms with Crippen molar-refractivity contribution < 1.29 is 29.6 Å². The summed E-state index contributed by atoms with van der Waals surface area (Å²) in [7, 11) is 0. The molecule has 0 aromatic rings. The van der Waals surface area contributed by atoms with E-state index in [1.165, 1.54) is 25.2 Å². The molecule has 3 rings (SSSR count). The van der Waals surface area contributed by atoms with Crippen LogP contribution in [0.25, 0.3) is 0 Å². The van der Waals surface area contributed by atoms with Crippen LogP contribution in [0.2, 0.25) is 0 Å². The quantitative estimate of drug-likeness (QED) is 0.397. The topological polar surface area (TPSA) is 116 Å². The molecular weight excluding hydrogens is 386 g/mol. The highest BCUT2D eigenvalue weighted by Gasteiger charge is 2.70. The molecule has 4 N–H and O–H groups in total. The van der Waals surface area contributed by atoms with Crippen LogP contribution >= 0.6 is 0 Å². The van der Waals surface area contributed by atoms with Crippen LogP contribution < -0.4 is 5.32 Å². The number of allylic oxidation sites excluding steroid dienone is 1. The van der Waals surface area contributed by atoms with Gasteiger partial charge in [-0.05, 0) is 50.3 Å². The molecule has 0 aromatic heterocycles. The lowest BCUT2D eigenvalue weighted by Gasteiger charge is -2.49. The van der Waals surface area contributed by atoms with Crippen LogP contribution in [-0.4, -0.2) is 56.1 Å². The van der Waals surface area contributed by atoms with Gasteiger partial charge >= 0.3 is 5.97 Å². The van der Waals surface area contributed by atoms with Crippen molar-refractivity contribution in [2.45, 2.75) is 76.4 Å². The second kappa shape index (κ2) is 7.62. The van der Waals surface area contributed by atoms with Gasteiger partial charge in [0.15, 0.2) is 5.60 Å². The molecule has 30 heavy (non-hydrogen) atoms. The third-order valence-corrected chi connectivity index (χ3v) is 6.62. The van der Waals surface area contributed by atoms with E-state index >= 15 is 0 Å². The Hall–Kier alpha value is -1.96. The predicted molar refractivity (Wildman–Crippen MR) is 111 cm³/mol. The maximum Gasteiger partial charge on any atom is 0.331 e. The van der Waals surface area contributed by atoms with Crippen LogP contribution in [0, 0.1) is 17.8 Å². The fourth-order valence-electron chi connectivity index (χ4n) is 5.15. The van der Waals surface area contributed by atoms with Crippen LogP contribution in [-0.2, 0) is 14.3 Å². The summed E-state index contributed by atoms with van der Waals surface area (Å²) in [6, 6.07) is -0.288. The fourth-order valence-corrected chi connectivity index (χ4v) is 5.15. The van der Waals surface area contributed by atoms with Gasteiger partial charge in [0.2, 0.25) is 5.60 Å². The highest BCUT2D eigenvalue weighted by Crippen LogP contribution is 2.52. The van der Waals surface area contributed by atoms with Gasteiger partial charge in [-0.2, -0.15) is 0 Å². The lowest BCUT2D eigenvalue weighted by molar-refractivity contribution is -0.192. The summed E-state index contributed by atoms with van der Waals surface area (Å²) in [5.74, 6) is -1.73. The second-order valence-corrected chi connectivity index (χ2v) is 9.72. The van der Waals surface area contributed by atoms with Gasteiger partial charge in [0.25, 0.3) is 5.91 Å². The zero-order valence-corrected chi connectivity index (χ0v) is 18.3. The number of aliphatic hydroxyl groups excluding tert-OH is 1. The molecule has 2 heterocycles. The number of esters is 1. The molecule has 0 aromatic carbocycles. The smallest absolute Gasteiger partial charge is 0.331 e. The van der Waals surface area contributed by atoms with Crippen molar-refractivity contribution in [2.24, 2.45) is 17.8 Å². The number of ether oxygens (including phenoxy) is 1. The first kappa shape index (κ1) is 22.7. The minimum Gasteiger partial charge on any atom is -0.441 e. The van der Waals surface area contributed by atoms with Gasteiger partial charge in [-0.25, -0.2) is 4.79 Å². The zero-order valence-electron chi connectivity index (χ0n) is 18.3. The first-order chi connectivity index (χ1) is 13.8.